The number of nitrogens with one attached hydrogen (secondary N) is 1. The summed E-state index contributed by atoms with van der Waals surface area (Å²) >= 11 is 5.79. The van der Waals surface area contributed by atoms with Crippen molar-refractivity contribution in [2.75, 3.05) is 31.1 Å². The van der Waals surface area contributed by atoms with Gasteiger partial charge in [0.05, 0.1) is 10.6 Å². The summed E-state index contributed by atoms with van der Waals surface area (Å²) in [5, 5.41) is 12.7. The molecule has 1 aromatic rings. The molecule has 1 aromatic heterocycles. The molecule has 0 aliphatic carbocycles. The first kappa shape index (κ1) is 13.0. The van der Waals surface area contributed by atoms with E-state index in [1.54, 1.807) is 12.3 Å². The molecule has 0 saturated carbocycles. The number of nitriles is 1. The van der Waals surface area contributed by atoms with Crippen molar-refractivity contribution in [3.05, 3.63) is 22.8 Å². The molecule has 1 saturated heterocycles. The van der Waals surface area contributed by atoms with Gasteiger partial charge in [0.25, 0.3) is 0 Å². The summed E-state index contributed by atoms with van der Waals surface area (Å²) < 4.78 is 0. The number of halogens is 2. The van der Waals surface area contributed by atoms with Crippen LogP contribution in [-0.2, 0) is 0 Å². The summed E-state index contributed by atoms with van der Waals surface area (Å²) in [6.07, 6.45) is 1.58. The van der Waals surface area contributed by atoms with Crippen molar-refractivity contribution in [1.82, 2.24) is 10.3 Å². The molecular formula is C10H12Cl2N4. The van der Waals surface area contributed by atoms with Crippen molar-refractivity contribution < 1.29 is 0 Å². The van der Waals surface area contributed by atoms with Crippen LogP contribution in [0.15, 0.2) is 12.3 Å². The molecule has 6 heteroatoms. The molecule has 0 spiro atoms. The predicted molar refractivity (Wildman–Crippen MR) is 66.3 cm³/mol. The van der Waals surface area contributed by atoms with E-state index in [4.69, 9.17) is 16.9 Å². The second kappa shape index (κ2) is 5.90. The van der Waals surface area contributed by atoms with Crippen molar-refractivity contribution in [1.29, 1.82) is 5.26 Å². The Hall–Kier alpha value is -1.02. The Balaban J connectivity index is 0.00000128. The zero-order valence-electron chi connectivity index (χ0n) is 8.61. The van der Waals surface area contributed by atoms with Crippen molar-refractivity contribution in [3.8, 4) is 6.07 Å². The summed E-state index contributed by atoms with van der Waals surface area (Å²) in [4.78, 5) is 6.32. The van der Waals surface area contributed by atoms with E-state index in [1.165, 1.54) is 0 Å². The van der Waals surface area contributed by atoms with Crippen molar-refractivity contribution in [2.24, 2.45) is 0 Å². The molecule has 1 aliphatic heterocycles. The molecule has 4 nitrogen and oxygen atoms in total. The van der Waals surface area contributed by atoms with E-state index in [9.17, 15) is 0 Å². The predicted octanol–water partition coefficient (Wildman–Crippen LogP) is 1.44. The van der Waals surface area contributed by atoms with Gasteiger partial charge < -0.3 is 10.2 Å². The summed E-state index contributed by atoms with van der Waals surface area (Å²) in [6.45, 7) is 3.61. The minimum absolute atomic E-state index is 0. The molecule has 0 radical (unpaired) electrons. The molecule has 0 amide bonds. The lowest BCUT2D eigenvalue weighted by Gasteiger charge is -2.28. The second-order valence-electron chi connectivity index (χ2n) is 3.37. The van der Waals surface area contributed by atoms with Crippen molar-refractivity contribution in [3.63, 3.8) is 0 Å². The quantitative estimate of drug-likeness (QED) is 0.829. The highest BCUT2D eigenvalue weighted by Crippen LogP contribution is 2.20. The Labute approximate surface area is 106 Å². The first-order valence-electron chi connectivity index (χ1n) is 4.82. The van der Waals surface area contributed by atoms with Gasteiger partial charge in [0.15, 0.2) is 0 Å². The molecule has 0 aromatic carbocycles. The van der Waals surface area contributed by atoms with Crippen LogP contribution in [-0.4, -0.2) is 31.2 Å². The summed E-state index contributed by atoms with van der Waals surface area (Å²) in [6, 6.07) is 3.78. The van der Waals surface area contributed by atoms with Gasteiger partial charge >= 0.3 is 0 Å². The number of piperazine rings is 1. The fourth-order valence-corrected chi connectivity index (χ4v) is 1.80. The number of hydrogen-bond acceptors (Lipinski definition) is 4. The fraction of sp³-hybridized carbons (Fsp3) is 0.400. The SMILES string of the molecule is Cl.N#Cc1cc(Cl)cnc1N1CCNCC1. The highest BCUT2D eigenvalue weighted by molar-refractivity contribution is 6.30. The first-order chi connectivity index (χ1) is 7.31. The van der Waals surface area contributed by atoms with Crippen molar-refractivity contribution in [2.45, 2.75) is 0 Å². The number of nitrogens with zero attached hydrogens (tertiary/aromatic N) is 3. The van der Waals surface area contributed by atoms with Gasteiger partial charge in [-0.2, -0.15) is 5.26 Å². The van der Waals surface area contributed by atoms with E-state index >= 15 is 0 Å². The Kier molecular flexibility index (Phi) is 4.81. The van der Waals surface area contributed by atoms with Gasteiger partial charge in [0, 0.05) is 32.4 Å². The normalized spacial score (nSPS) is 15.1. The molecule has 16 heavy (non-hydrogen) atoms. The van der Waals surface area contributed by atoms with E-state index in [1.807, 2.05) is 0 Å². The average Bonchev–Trinajstić information content (AvgIpc) is 2.30. The second-order valence-corrected chi connectivity index (χ2v) is 3.81. The molecule has 1 fully saturated rings. The first-order valence-corrected chi connectivity index (χ1v) is 5.20. The van der Waals surface area contributed by atoms with Crippen LogP contribution in [0.3, 0.4) is 0 Å². The number of hydrogen-bond donors (Lipinski definition) is 1. The van der Waals surface area contributed by atoms with Gasteiger partial charge in [-0.3, -0.25) is 0 Å². The van der Waals surface area contributed by atoms with Crippen LogP contribution in [0.4, 0.5) is 5.82 Å². The Morgan fingerprint density at radius 3 is 2.75 bits per heavy atom. The maximum absolute atomic E-state index is 8.98. The Bertz CT molecular complexity index is 396. The van der Waals surface area contributed by atoms with E-state index in [0.29, 0.717) is 10.6 Å². The molecule has 1 aliphatic rings. The molecule has 0 bridgehead atoms. The van der Waals surface area contributed by atoms with Gasteiger partial charge in [0.1, 0.15) is 11.9 Å². The highest BCUT2D eigenvalue weighted by Gasteiger charge is 2.15. The lowest BCUT2D eigenvalue weighted by molar-refractivity contribution is 0.584. The monoisotopic (exact) mass is 258 g/mol. The van der Waals surface area contributed by atoms with Crippen LogP contribution in [0.1, 0.15) is 5.56 Å². The molecule has 2 heterocycles. The van der Waals surface area contributed by atoms with Gasteiger partial charge in [0.2, 0.25) is 0 Å². The standard InChI is InChI=1S/C10H11ClN4.ClH/c11-9-5-8(6-12)10(14-7-9)15-3-1-13-2-4-15;/h5,7,13H,1-4H2;1H. The zero-order valence-corrected chi connectivity index (χ0v) is 10.2. The fourth-order valence-electron chi connectivity index (χ4n) is 1.64. The third-order valence-corrected chi connectivity index (χ3v) is 2.58. The number of rotatable bonds is 1. The Morgan fingerprint density at radius 1 is 1.44 bits per heavy atom. The van der Waals surface area contributed by atoms with E-state index in [2.05, 4.69) is 21.3 Å². The largest absolute Gasteiger partial charge is 0.353 e. The summed E-state index contributed by atoms with van der Waals surface area (Å²) in [5.41, 5.74) is 0.546. The molecule has 86 valence electrons. The smallest absolute Gasteiger partial charge is 0.146 e. The highest BCUT2D eigenvalue weighted by atomic mass is 35.5. The molecule has 0 unspecified atom stereocenters. The van der Waals surface area contributed by atoms with Gasteiger partial charge in [-0.25, -0.2) is 4.98 Å². The number of anilines is 1. The third-order valence-electron chi connectivity index (χ3n) is 2.37. The molecular weight excluding hydrogens is 247 g/mol. The van der Waals surface area contributed by atoms with Crippen LogP contribution in [0, 0.1) is 11.3 Å². The van der Waals surface area contributed by atoms with Crippen molar-refractivity contribution >= 4 is 29.8 Å². The van der Waals surface area contributed by atoms with Crippen LogP contribution in [0.25, 0.3) is 0 Å². The van der Waals surface area contributed by atoms with Crippen LogP contribution >= 0.6 is 24.0 Å². The van der Waals surface area contributed by atoms with Crippen LogP contribution in [0.2, 0.25) is 5.02 Å². The molecule has 2 rings (SSSR count). The summed E-state index contributed by atoms with van der Waals surface area (Å²) in [5.74, 6) is 0.739. The lowest BCUT2D eigenvalue weighted by Crippen LogP contribution is -2.44. The minimum Gasteiger partial charge on any atom is -0.353 e. The topological polar surface area (TPSA) is 52.0 Å². The number of pyridine rings is 1. The van der Waals surface area contributed by atoms with Crippen LogP contribution < -0.4 is 10.2 Å². The van der Waals surface area contributed by atoms with E-state index in [0.717, 1.165) is 32.0 Å². The minimum atomic E-state index is 0. The summed E-state index contributed by atoms with van der Waals surface area (Å²) in [7, 11) is 0. The lowest BCUT2D eigenvalue weighted by atomic mass is 10.2. The van der Waals surface area contributed by atoms with Crippen LogP contribution in [0.5, 0.6) is 0 Å². The average molecular weight is 259 g/mol. The zero-order chi connectivity index (χ0) is 10.7. The van der Waals surface area contributed by atoms with E-state index in [-0.39, 0.29) is 12.4 Å². The van der Waals surface area contributed by atoms with Gasteiger partial charge in [-0.1, -0.05) is 11.6 Å². The van der Waals surface area contributed by atoms with Gasteiger partial charge in [-0.05, 0) is 6.07 Å². The van der Waals surface area contributed by atoms with E-state index < -0.39 is 0 Å². The molecule has 0 atom stereocenters. The van der Waals surface area contributed by atoms with Gasteiger partial charge in [-0.15, -0.1) is 12.4 Å². The maximum Gasteiger partial charge on any atom is 0.146 e. The third kappa shape index (κ3) is 2.76. The molecule has 1 N–H and O–H groups in total. The Morgan fingerprint density at radius 2 is 2.12 bits per heavy atom. The maximum atomic E-state index is 8.98. The number of aromatic nitrogens is 1.